The lowest BCUT2D eigenvalue weighted by atomic mass is 10.1. The maximum Gasteiger partial charge on any atom is 0.290 e. The van der Waals surface area contributed by atoms with Crippen LogP contribution in [0.5, 0.6) is 0 Å². The van der Waals surface area contributed by atoms with E-state index in [1.54, 1.807) is 6.20 Å². The van der Waals surface area contributed by atoms with Crippen molar-refractivity contribution < 1.29 is 4.74 Å². The summed E-state index contributed by atoms with van der Waals surface area (Å²) in [4.78, 5) is 17.8. The summed E-state index contributed by atoms with van der Waals surface area (Å²) >= 11 is 0. The van der Waals surface area contributed by atoms with Gasteiger partial charge in [0.15, 0.2) is 5.82 Å². The smallest absolute Gasteiger partial charge is 0.290 e. The van der Waals surface area contributed by atoms with Crippen LogP contribution in [0.25, 0.3) is 0 Å². The maximum absolute atomic E-state index is 11.3. The monoisotopic (exact) mass is 195 g/mol. The number of aromatic nitrogens is 2. The standard InChI is InChI=1S/C9H13N3O2/c13-9-8(10-3-4-11-9)12-7-1-5-14-6-2-7/h3-4,7H,1-2,5-6H2,(H,10,12)(H,11,13). The van der Waals surface area contributed by atoms with Crippen LogP contribution < -0.4 is 10.9 Å². The summed E-state index contributed by atoms with van der Waals surface area (Å²) in [5.74, 6) is 0.402. The molecule has 1 aromatic heterocycles. The molecule has 0 bridgehead atoms. The minimum absolute atomic E-state index is 0.168. The molecule has 0 spiro atoms. The SMILES string of the molecule is O=c1[nH]ccnc1NC1CCOCC1. The molecule has 1 fully saturated rings. The lowest BCUT2D eigenvalue weighted by Crippen LogP contribution is -2.30. The Labute approximate surface area is 81.5 Å². The lowest BCUT2D eigenvalue weighted by molar-refractivity contribution is 0.0903. The van der Waals surface area contributed by atoms with Crippen LogP contribution in [-0.2, 0) is 4.74 Å². The molecule has 0 saturated carbocycles. The summed E-state index contributed by atoms with van der Waals surface area (Å²) in [6.07, 6.45) is 4.95. The third kappa shape index (κ3) is 2.11. The summed E-state index contributed by atoms with van der Waals surface area (Å²) in [6, 6.07) is 0.305. The Balaban J connectivity index is 2.03. The molecule has 1 aromatic rings. The highest BCUT2D eigenvalue weighted by molar-refractivity contribution is 5.31. The molecular formula is C9H13N3O2. The van der Waals surface area contributed by atoms with Crippen molar-refractivity contribution in [3.05, 3.63) is 22.7 Å². The zero-order valence-corrected chi connectivity index (χ0v) is 7.82. The number of anilines is 1. The summed E-state index contributed by atoms with van der Waals surface area (Å²) in [6.45, 7) is 1.50. The van der Waals surface area contributed by atoms with E-state index in [1.807, 2.05) is 0 Å². The van der Waals surface area contributed by atoms with Crippen molar-refractivity contribution in [3.8, 4) is 0 Å². The largest absolute Gasteiger partial charge is 0.381 e. The predicted molar refractivity (Wildman–Crippen MR) is 52.3 cm³/mol. The van der Waals surface area contributed by atoms with Gasteiger partial charge in [0.25, 0.3) is 5.56 Å². The molecule has 0 aromatic carbocycles. The van der Waals surface area contributed by atoms with Gasteiger partial charge in [0.1, 0.15) is 0 Å². The molecule has 76 valence electrons. The molecule has 0 radical (unpaired) electrons. The van der Waals surface area contributed by atoms with E-state index in [-0.39, 0.29) is 5.56 Å². The van der Waals surface area contributed by atoms with Crippen LogP contribution in [-0.4, -0.2) is 29.2 Å². The summed E-state index contributed by atoms with van der Waals surface area (Å²) in [7, 11) is 0. The average molecular weight is 195 g/mol. The second-order valence-corrected chi connectivity index (χ2v) is 3.30. The minimum atomic E-state index is -0.168. The molecule has 0 aliphatic carbocycles. The molecule has 14 heavy (non-hydrogen) atoms. The van der Waals surface area contributed by atoms with E-state index in [2.05, 4.69) is 15.3 Å². The third-order valence-corrected chi connectivity index (χ3v) is 2.27. The highest BCUT2D eigenvalue weighted by Crippen LogP contribution is 2.09. The number of rotatable bonds is 2. The van der Waals surface area contributed by atoms with E-state index in [4.69, 9.17) is 4.74 Å². The fourth-order valence-corrected chi connectivity index (χ4v) is 1.49. The predicted octanol–water partition coefficient (Wildman–Crippen LogP) is 0.361. The Morgan fingerprint density at radius 2 is 2.29 bits per heavy atom. The Bertz CT molecular complexity index is 344. The highest BCUT2D eigenvalue weighted by Gasteiger charge is 2.14. The van der Waals surface area contributed by atoms with Crippen LogP contribution in [0.3, 0.4) is 0 Å². The van der Waals surface area contributed by atoms with Crippen LogP contribution in [0.2, 0.25) is 0 Å². The number of hydrogen-bond acceptors (Lipinski definition) is 4. The topological polar surface area (TPSA) is 67.0 Å². The van der Waals surface area contributed by atoms with Crippen LogP contribution in [0.1, 0.15) is 12.8 Å². The van der Waals surface area contributed by atoms with Crippen molar-refractivity contribution >= 4 is 5.82 Å². The van der Waals surface area contributed by atoms with Gasteiger partial charge < -0.3 is 15.0 Å². The molecule has 5 nitrogen and oxygen atoms in total. The summed E-state index contributed by atoms with van der Waals surface area (Å²) in [5, 5.41) is 3.11. The molecule has 2 heterocycles. The van der Waals surface area contributed by atoms with Gasteiger partial charge in [-0.2, -0.15) is 0 Å². The fraction of sp³-hybridized carbons (Fsp3) is 0.556. The van der Waals surface area contributed by atoms with E-state index in [0.717, 1.165) is 26.1 Å². The van der Waals surface area contributed by atoms with Crippen LogP contribution in [0, 0.1) is 0 Å². The first-order chi connectivity index (χ1) is 6.86. The van der Waals surface area contributed by atoms with E-state index >= 15 is 0 Å². The van der Waals surface area contributed by atoms with Gasteiger partial charge in [-0.05, 0) is 12.8 Å². The van der Waals surface area contributed by atoms with Gasteiger partial charge in [0.05, 0.1) is 0 Å². The molecule has 1 aliphatic heterocycles. The van der Waals surface area contributed by atoms with Crippen LogP contribution >= 0.6 is 0 Å². The van der Waals surface area contributed by atoms with Gasteiger partial charge >= 0.3 is 0 Å². The number of nitrogens with one attached hydrogen (secondary N) is 2. The number of aromatic amines is 1. The van der Waals surface area contributed by atoms with E-state index in [0.29, 0.717) is 11.9 Å². The number of ether oxygens (including phenoxy) is 1. The molecule has 0 amide bonds. The van der Waals surface area contributed by atoms with Crippen molar-refractivity contribution in [2.45, 2.75) is 18.9 Å². The van der Waals surface area contributed by atoms with Gasteiger partial charge in [0.2, 0.25) is 0 Å². The average Bonchev–Trinajstić information content (AvgIpc) is 2.23. The van der Waals surface area contributed by atoms with Crippen molar-refractivity contribution in [2.24, 2.45) is 0 Å². The molecule has 2 N–H and O–H groups in total. The third-order valence-electron chi connectivity index (χ3n) is 2.27. The van der Waals surface area contributed by atoms with Crippen molar-refractivity contribution in [2.75, 3.05) is 18.5 Å². The van der Waals surface area contributed by atoms with Crippen molar-refractivity contribution in [3.63, 3.8) is 0 Å². The Morgan fingerprint density at radius 3 is 3.00 bits per heavy atom. The normalized spacial score (nSPS) is 18.0. The Kier molecular flexibility index (Phi) is 2.78. The molecular weight excluding hydrogens is 182 g/mol. The molecule has 0 unspecified atom stereocenters. The quantitative estimate of drug-likeness (QED) is 0.715. The zero-order valence-electron chi connectivity index (χ0n) is 7.82. The number of nitrogens with zero attached hydrogens (tertiary/aromatic N) is 1. The minimum Gasteiger partial charge on any atom is -0.381 e. The van der Waals surface area contributed by atoms with E-state index in [1.165, 1.54) is 6.20 Å². The summed E-state index contributed by atoms with van der Waals surface area (Å²) in [5.41, 5.74) is -0.168. The maximum atomic E-state index is 11.3. The highest BCUT2D eigenvalue weighted by atomic mass is 16.5. The molecule has 0 atom stereocenters. The van der Waals surface area contributed by atoms with Gasteiger partial charge in [0, 0.05) is 31.6 Å². The van der Waals surface area contributed by atoms with Gasteiger partial charge in [-0.3, -0.25) is 4.79 Å². The van der Waals surface area contributed by atoms with Crippen molar-refractivity contribution in [1.82, 2.24) is 9.97 Å². The van der Waals surface area contributed by atoms with E-state index in [9.17, 15) is 4.79 Å². The second kappa shape index (κ2) is 4.23. The van der Waals surface area contributed by atoms with Gasteiger partial charge in [-0.15, -0.1) is 0 Å². The first-order valence-electron chi connectivity index (χ1n) is 4.74. The van der Waals surface area contributed by atoms with E-state index < -0.39 is 0 Å². The van der Waals surface area contributed by atoms with Gasteiger partial charge in [-0.1, -0.05) is 0 Å². The van der Waals surface area contributed by atoms with Crippen LogP contribution in [0.4, 0.5) is 5.82 Å². The zero-order chi connectivity index (χ0) is 9.80. The molecule has 5 heteroatoms. The molecule has 1 saturated heterocycles. The first-order valence-corrected chi connectivity index (χ1v) is 4.74. The lowest BCUT2D eigenvalue weighted by Gasteiger charge is -2.22. The Morgan fingerprint density at radius 1 is 1.50 bits per heavy atom. The first kappa shape index (κ1) is 9.21. The Hall–Kier alpha value is -1.36. The van der Waals surface area contributed by atoms with Gasteiger partial charge in [-0.25, -0.2) is 4.98 Å². The number of H-pyrrole nitrogens is 1. The number of hydrogen-bond donors (Lipinski definition) is 2. The second-order valence-electron chi connectivity index (χ2n) is 3.30. The fourth-order valence-electron chi connectivity index (χ4n) is 1.49. The molecule has 2 rings (SSSR count). The van der Waals surface area contributed by atoms with Crippen LogP contribution in [0.15, 0.2) is 17.2 Å². The van der Waals surface area contributed by atoms with Crippen molar-refractivity contribution in [1.29, 1.82) is 0 Å². The molecule has 1 aliphatic rings. The summed E-state index contributed by atoms with van der Waals surface area (Å²) < 4.78 is 5.22.